The Labute approximate surface area is 180 Å². The summed E-state index contributed by atoms with van der Waals surface area (Å²) in [6.45, 7) is 1.36. The number of aliphatic carboxylic acids is 1. The van der Waals surface area contributed by atoms with E-state index in [-0.39, 0.29) is 14.8 Å². The number of nitrogens with zero attached hydrogens (tertiary/aromatic N) is 2. The van der Waals surface area contributed by atoms with Crippen LogP contribution in [-0.4, -0.2) is 33.8 Å². The molecule has 1 fully saturated rings. The molecule has 2 aliphatic heterocycles. The second kappa shape index (κ2) is 7.29. The van der Waals surface area contributed by atoms with Crippen molar-refractivity contribution in [2.45, 2.75) is 6.92 Å². The van der Waals surface area contributed by atoms with Gasteiger partial charge in [0.1, 0.15) is 6.54 Å². The van der Waals surface area contributed by atoms with Crippen molar-refractivity contribution in [2.24, 2.45) is 0 Å². The molecule has 146 valence electrons. The third-order valence-electron chi connectivity index (χ3n) is 4.63. The maximum atomic E-state index is 13.2. The Bertz CT molecular complexity index is 1150. The molecule has 0 atom stereocenters. The number of carboxylic acid groups (broad SMARTS) is 1. The van der Waals surface area contributed by atoms with Crippen LogP contribution < -0.4 is 9.80 Å². The average molecular weight is 445 g/mol. The van der Waals surface area contributed by atoms with Crippen molar-refractivity contribution >= 4 is 74.6 Å². The van der Waals surface area contributed by atoms with E-state index in [0.29, 0.717) is 22.0 Å². The van der Waals surface area contributed by atoms with Gasteiger partial charge in [0, 0.05) is 10.6 Å². The van der Waals surface area contributed by atoms with Crippen LogP contribution in [0.3, 0.4) is 0 Å². The van der Waals surface area contributed by atoms with Crippen LogP contribution in [0.5, 0.6) is 0 Å². The third-order valence-corrected chi connectivity index (χ3v) is 6.41. The first kappa shape index (κ1) is 19.6. The molecule has 0 saturated carbocycles. The predicted octanol–water partition coefficient (Wildman–Crippen LogP) is 3.86. The van der Waals surface area contributed by atoms with Gasteiger partial charge in [0.2, 0.25) is 0 Å². The minimum Gasteiger partial charge on any atom is -0.480 e. The summed E-state index contributed by atoms with van der Waals surface area (Å²) in [7, 11) is 0. The van der Waals surface area contributed by atoms with Crippen molar-refractivity contribution in [2.75, 3.05) is 16.3 Å². The molecule has 4 rings (SSSR count). The lowest BCUT2D eigenvalue weighted by Gasteiger charge is -2.15. The Morgan fingerprint density at radius 2 is 1.90 bits per heavy atom. The zero-order valence-corrected chi connectivity index (χ0v) is 17.4. The summed E-state index contributed by atoms with van der Waals surface area (Å²) >= 11 is 12.6. The van der Waals surface area contributed by atoms with Crippen LogP contribution in [0.1, 0.15) is 11.1 Å². The SMILES string of the molecule is Cc1ccc(N2C(=O)C(=C3C(=O)N(CC(=O)O)c4ccccc43)SC2=S)cc1Cl. The number of fused-ring (bicyclic) bond motifs is 1. The Hall–Kier alpha value is -2.68. The monoisotopic (exact) mass is 444 g/mol. The number of hydrogen-bond donors (Lipinski definition) is 1. The fourth-order valence-electron chi connectivity index (χ4n) is 3.25. The van der Waals surface area contributed by atoms with E-state index in [1.54, 1.807) is 42.5 Å². The number of amides is 2. The second-order valence-electron chi connectivity index (χ2n) is 6.45. The van der Waals surface area contributed by atoms with Gasteiger partial charge in [0.25, 0.3) is 11.8 Å². The minimum atomic E-state index is -1.14. The molecule has 2 heterocycles. The summed E-state index contributed by atoms with van der Waals surface area (Å²) in [5, 5.41) is 9.68. The highest BCUT2D eigenvalue weighted by Gasteiger charge is 2.42. The molecule has 0 radical (unpaired) electrons. The number of benzene rings is 2. The summed E-state index contributed by atoms with van der Waals surface area (Å²) in [4.78, 5) is 40.1. The van der Waals surface area contributed by atoms with Gasteiger partial charge in [-0.2, -0.15) is 0 Å². The number of carbonyl (C=O) groups excluding carboxylic acids is 2. The number of carbonyl (C=O) groups is 3. The van der Waals surface area contributed by atoms with Crippen molar-refractivity contribution in [1.29, 1.82) is 0 Å². The molecule has 2 amide bonds. The predicted molar refractivity (Wildman–Crippen MR) is 117 cm³/mol. The summed E-state index contributed by atoms with van der Waals surface area (Å²) < 4.78 is 0.277. The largest absolute Gasteiger partial charge is 0.480 e. The number of para-hydroxylation sites is 1. The first-order chi connectivity index (χ1) is 13.8. The molecule has 0 spiro atoms. The molecule has 0 aliphatic carbocycles. The second-order valence-corrected chi connectivity index (χ2v) is 8.50. The van der Waals surface area contributed by atoms with E-state index in [1.165, 1.54) is 4.90 Å². The molecule has 0 aromatic heterocycles. The number of thiocarbonyl (C=S) groups is 1. The zero-order valence-electron chi connectivity index (χ0n) is 15.0. The Morgan fingerprint density at radius 3 is 2.59 bits per heavy atom. The van der Waals surface area contributed by atoms with Crippen LogP contribution in [0.15, 0.2) is 47.4 Å². The van der Waals surface area contributed by atoms with Crippen LogP contribution in [0.2, 0.25) is 5.02 Å². The van der Waals surface area contributed by atoms with Gasteiger partial charge >= 0.3 is 5.97 Å². The Balaban J connectivity index is 1.82. The average Bonchev–Trinajstić information content (AvgIpc) is 3.11. The van der Waals surface area contributed by atoms with E-state index >= 15 is 0 Å². The highest BCUT2D eigenvalue weighted by atomic mass is 35.5. The first-order valence-electron chi connectivity index (χ1n) is 8.49. The summed E-state index contributed by atoms with van der Waals surface area (Å²) in [5.41, 5.74) is 2.52. The molecule has 6 nitrogen and oxygen atoms in total. The first-order valence-corrected chi connectivity index (χ1v) is 10.1. The molecule has 9 heteroatoms. The standard InChI is InChI=1S/C20H13ClN2O4S2/c1-10-6-7-11(8-13(10)21)23-19(27)17(29-20(23)28)16-12-4-2-3-5-14(12)22(18(16)26)9-15(24)25/h2-8H,9H2,1H3,(H,24,25). The molecule has 0 unspecified atom stereocenters. The quantitative estimate of drug-likeness (QED) is 0.572. The van der Waals surface area contributed by atoms with Crippen LogP contribution >= 0.6 is 35.6 Å². The molecule has 1 saturated heterocycles. The van der Waals surface area contributed by atoms with E-state index < -0.39 is 24.3 Å². The topological polar surface area (TPSA) is 77.9 Å². The lowest BCUT2D eigenvalue weighted by Crippen LogP contribution is -2.32. The van der Waals surface area contributed by atoms with Gasteiger partial charge in [0.15, 0.2) is 4.32 Å². The smallest absolute Gasteiger partial charge is 0.323 e. The lowest BCUT2D eigenvalue weighted by atomic mass is 10.1. The fraction of sp³-hybridized carbons (Fsp3) is 0.100. The Kier molecular flexibility index (Phi) is 4.94. The summed E-state index contributed by atoms with van der Waals surface area (Å²) in [5.74, 6) is -2.11. The lowest BCUT2D eigenvalue weighted by molar-refractivity contribution is -0.136. The molecule has 1 N–H and O–H groups in total. The highest BCUT2D eigenvalue weighted by Crippen LogP contribution is 2.45. The van der Waals surface area contributed by atoms with Crippen molar-refractivity contribution in [3.05, 3.63) is 63.5 Å². The molecular weight excluding hydrogens is 432 g/mol. The van der Waals surface area contributed by atoms with Crippen LogP contribution in [-0.2, 0) is 14.4 Å². The number of aryl methyl sites for hydroxylation is 1. The molecule has 29 heavy (non-hydrogen) atoms. The maximum absolute atomic E-state index is 13.2. The van der Waals surface area contributed by atoms with Gasteiger partial charge in [-0.15, -0.1) is 0 Å². The van der Waals surface area contributed by atoms with Crippen LogP contribution in [0.25, 0.3) is 5.57 Å². The van der Waals surface area contributed by atoms with Gasteiger partial charge in [0.05, 0.1) is 21.9 Å². The number of anilines is 2. The van der Waals surface area contributed by atoms with E-state index in [0.717, 1.165) is 22.2 Å². The van der Waals surface area contributed by atoms with E-state index in [1.807, 2.05) is 6.92 Å². The normalized spacial score (nSPS) is 18.6. The minimum absolute atomic E-state index is 0.167. The third kappa shape index (κ3) is 3.23. The van der Waals surface area contributed by atoms with Gasteiger partial charge in [-0.05, 0) is 30.7 Å². The fourth-order valence-corrected chi connectivity index (χ4v) is 4.80. The number of hydrogen-bond acceptors (Lipinski definition) is 5. The van der Waals surface area contributed by atoms with Gasteiger partial charge in [-0.25, -0.2) is 0 Å². The van der Waals surface area contributed by atoms with E-state index in [9.17, 15) is 19.5 Å². The molecular formula is C20H13ClN2O4S2. The van der Waals surface area contributed by atoms with Crippen molar-refractivity contribution in [3.8, 4) is 0 Å². The number of halogens is 1. The van der Waals surface area contributed by atoms with Gasteiger partial charge in [-0.1, -0.05) is 59.8 Å². The number of carboxylic acids is 1. The molecule has 2 aliphatic rings. The Morgan fingerprint density at radius 1 is 1.17 bits per heavy atom. The molecule has 2 aromatic carbocycles. The maximum Gasteiger partial charge on any atom is 0.323 e. The van der Waals surface area contributed by atoms with Crippen molar-refractivity contribution < 1.29 is 19.5 Å². The van der Waals surface area contributed by atoms with Crippen molar-refractivity contribution in [1.82, 2.24) is 0 Å². The summed E-state index contributed by atoms with van der Waals surface area (Å²) in [6.07, 6.45) is 0. The van der Waals surface area contributed by atoms with Gasteiger partial charge < -0.3 is 5.11 Å². The van der Waals surface area contributed by atoms with Crippen LogP contribution in [0.4, 0.5) is 11.4 Å². The molecule has 0 bridgehead atoms. The van der Waals surface area contributed by atoms with E-state index in [4.69, 9.17) is 23.8 Å². The van der Waals surface area contributed by atoms with Crippen LogP contribution in [0, 0.1) is 6.92 Å². The van der Waals surface area contributed by atoms with Gasteiger partial charge in [-0.3, -0.25) is 24.2 Å². The zero-order chi connectivity index (χ0) is 20.9. The molecule has 2 aromatic rings. The summed E-state index contributed by atoms with van der Waals surface area (Å²) in [6, 6.07) is 12.0. The number of thioether (sulfide) groups is 1. The van der Waals surface area contributed by atoms with Crippen molar-refractivity contribution in [3.63, 3.8) is 0 Å². The number of rotatable bonds is 3. The van der Waals surface area contributed by atoms with E-state index in [2.05, 4.69) is 0 Å². The highest BCUT2D eigenvalue weighted by molar-refractivity contribution is 8.27.